The smallest absolute Gasteiger partial charge is 0.404 e. The Morgan fingerprint density at radius 3 is 2.57 bits per heavy atom. The maximum absolute atomic E-state index is 10.1. The lowest BCUT2D eigenvalue weighted by Crippen LogP contribution is -2.15. The highest BCUT2D eigenvalue weighted by Crippen LogP contribution is 1.85. The Balaban J connectivity index is 2.93. The van der Waals surface area contributed by atoms with Crippen LogP contribution in [0, 0.1) is 12.3 Å². The third kappa shape index (κ3) is 10.8. The first-order valence-electron chi connectivity index (χ1n) is 4.28. The minimum absolute atomic E-state index is 0.278. The average Bonchev–Trinajstić information content (AvgIpc) is 2.15. The zero-order valence-corrected chi connectivity index (χ0v) is 8.03. The summed E-state index contributed by atoms with van der Waals surface area (Å²) >= 11 is 0. The first-order valence-corrected chi connectivity index (χ1v) is 4.28. The number of carbonyl (C=O) groups excluding carboxylic acids is 1. The zero-order chi connectivity index (χ0) is 10.6. The molecule has 5 nitrogen and oxygen atoms in total. The van der Waals surface area contributed by atoms with Crippen LogP contribution in [0.2, 0.25) is 0 Å². The molecule has 0 unspecified atom stereocenters. The molecule has 1 amide bonds. The molecule has 0 bridgehead atoms. The average molecular weight is 201 g/mol. The number of carbonyl (C=O) groups is 1. The number of nitrogens with two attached hydrogens (primary N) is 1. The van der Waals surface area contributed by atoms with E-state index in [0.29, 0.717) is 32.8 Å². The van der Waals surface area contributed by atoms with Crippen molar-refractivity contribution < 1.29 is 19.0 Å². The van der Waals surface area contributed by atoms with Gasteiger partial charge in [-0.3, -0.25) is 0 Å². The van der Waals surface area contributed by atoms with Crippen LogP contribution in [0.25, 0.3) is 0 Å². The van der Waals surface area contributed by atoms with E-state index in [1.165, 1.54) is 0 Å². The van der Waals surface area contributed by atoms with Crippen LogP contribution in [0.4, 0.5) is 4.79 Å². The molecule has 0 radical (unpaired) electrons. The van der Waals surface area contributed by atoms with Gasteiger partial charge in [0.2, 0.25) is 0 Å². The number of amides is 1. The van der Waals surface area contributed by atoms with Crippen molar-refractivity contribution in [3.8, 4) is 12.3 Å². The van der Waals surface area contributed by atoms with Gasteiger partial charge in [-0.2, -0.15) is 0 Å². The summed E-state index contributed by atoms with van der Waals surface area (Å²) in [6.07, 6.45) is 4.82. The minimum atomic E-state index is -0.762. The van der Waals surface area contributed by atoms with Crippen LogP contribution in [-0.2, 0) is 14.2 Å². The molecule has 80 valence electrons. The maximum atomic E-state index is 10.1. The molecule has 0 spiro atoms. The highest BCUT2D eigenvalue weighted by molar-refractivity contribution is 5.64. The van der Waals surface area contributed by atoms with Gasteiger partial charge in [0.25, 0.3) is 0 Å². The molecule has 0 saturated carbocycles. The number of ether oxygens (including phenoxy) is 3. The molecule has 0 rings (SSSR count). The topological polar surface area (TPSA) is 70.8 Å². The molecular formula is C9H15NO4. The number of primary amides is 1. The summed E-state index contributed by atoms with van der Waals surface area (Å²) in [6.45, 7) is 2.04. The number of hydrogen-bond acceptors (Lipinski definition) is 4. The van der Waals surface area contributed by atoms with Crippen molar-refractivity contribution in [1.29, 1.82) is 0 Å². The van der Waals surface area contributed by atoms with Gasteiger partial charge in [0.05, 0.1) is 19.8 Å². The van der Waals surface area contributed by atoms with Gasteiger partial charge >= 0.3 is 6.09 Å². The number of hydrogen-bond donors (Lipinski definition) is 1. The van der Waals surface area contributed by atoms with Crippen LogP contribution in [0.15, 0.2) is 0 Å². The first-order chi connectivity index (χ1) is 6.77. The van der Waals surface area contributed by atoms with Gasteiger partial charge < -0.3 is 19.9 Å². The van der Waals surface area contributed by atoms with E-state index in [0.717, 1.165) is 0 Å². The summed E-state index contributed by atoms with van der Waals surface area (Å²) in [7, 11) is 0. The Bertz CT molecular complexity index is 188. The Kier molecular flexibility index (Phi) is 8.96. The van der Waals surface area contributed by atoms with Gasteiger partial charge in [0, 0.05) is 13.0 Å². The molecule has 0 aliphatic rings. The fourth-order valence-corrected chi connectivity index (χ4v) is 0.685. The molecule has 0 aliphatic carbocycles. The van der Waals surface area contributed by atoms with E-state index in [9.17, 15) is 4.79 Å². The van der Waals surface area contributed by atoms with E-state index in [2.05, 4.69) is 10.7 Å². The van der Waals surface area contributed by atoms with E-state index >= 15 is 0 Å². The van der Waals surface area contributed by atoms with Crippen molar-refractivity contribution in [2.45, 2.75) is 6.42 Å². The van der Waals surface area contributed by atoms with Gasteiger partial charge in [-0.15, -0.1) is 6.42 Å². The molecule has 14 heavy (non-hydrogen) atoms. The molecule has 0 aromatic rings. The second-order valence-electron chi connectivity index (χ2n) is 2.39. The van der Waals surface area contributed by atoms with E-state index in [1.807, 2.05) is 0 Å². The van der Waals surface area contributed by atoms with Gasteiger partial charge in [0.1, 0.15) is 6.61 Å². The molecule has 2 N–H and O–H groups in total. The van der Waals surface area contributed by atoms with Crippen molar-refractivity contribution >= 4 is 6.09 Å². The standard InChI is InChI=1S/C9H15NO4/c1-2-4-12-7-8-13-5-3-6-14-9(10)11/h1H,3-8H2,(H2,10,11). The van der Waals surface area contributed by atoms with Crippen LogP contribution in [0.3, 0.4) is 0 Å². The molecule has 0 aromatic heterocycles. The largest absolute Gasteiger partial charge is 0.450 e. The number of terminal acetylenes is 1. The lowest BCUT2D eigenvalue weighted by atomic mass is 10.5. The maximum Gasteiger partial charge on any atom is 0.404 e. The van der Waals surface area contributed by atoms with Gasteiger partial charge in [-0.05, 0) is 0 Å². The van der Waals surface area contributed by atoms with Gasteiger partial charge in [-0.25, -0.2) is 4.79 Å². The van der Waals surface area contributed by atoms with Gasteiger partial charge in [-0.1, -0.05) is 5.92 Å². The molecule has 0 heterocycles. The summed E-state index contributed by atoms with van der Waals surface area (Å²) in [5, 5.41) is 0. The second-order valence-corrected chi connectivity index (χ2v) is 2.39. The Morgan fingerprint density at radius 2 is 1.93 bits per heavy atom. The predicted molar refractivity (Wildman–Crippen MR) is 50.6 cm³/mol. The fourth-order valence-electron chi connectivity index (χ4n) is 0.685. The fraction of sp³-hybridized carbons (Fsp3) is 0.667. The zero-order valence-electron chi connectivity index (χ0n) is 8.03. The van der Waals surface area contributed by atoms with Crippen LogP contribution < -0.4 is 5.73 Å². The van der Waals surface area contributed by atoms with Crippen LogP contribution in [0.5, 0.6) is 0 Å². The van der Waals surface area contributed by atoms with Crippen LogP contribution >= 0.6 is 0 Å². The molecular weight excluding hydrogens is 186 g/mol. The highest BCUT2D eigenvalue weighted by Gasteiger charge is 1.93. The molecule has 5 heteroatoms. The lowest BCUT2D eigenvalue weighted by Gasteiger charge is -2.03. The summed E-state index contributed by atoms with van der Waals surface area (Å²) < 4.78 is 14.6. The van der Waals surface area contributed by atoms with E-state index in [4.69, 9.17) is 21.6 Å². The third-order valence-corrected chi connectivity index (χ3v) is 1.23. The Morgan fingerprint density at radius 1 is 1.21 bits per heavy atom. The predicted octanol–water partition coefficient (Wildman–Crippen LogP) is 0.138. The lowest BCUT2D eigenvalue weighted by molar-refractivity contribution is 0.0518. The second kappa shape index (κ2) is 9.84. The summed E-state index contributed by atoms with van der Waals surface area (Å²) in [4.78, 5) is 10.1. The number of rotatable bonds is 8. The summed E-state index contributed by atoms with van der Waals surface area (Å²) in [5.41, 5.74) is 4.75. The normalized spacial score (nSPS) is 9.36. The molecule has 0 aromatic carbocycles. The van der Waals surface area contributed by atoms with Crippen molar-refractivity contribution in [2.75, 3.05) is 33.0 Å². The first kappa shape index (κ1) is 12.8. The molecule has 0 atom stereocenters. The Labute approximate surface area is 83.5 Å². The molecule has 0 fully saturated rings. The quantitative estimate of drug-likeness (QED) is 0.448. The van der Waals surface area contributed by atoms with E-state index < -0.39 is 6.09 Å². The van der Waals surface area contributed by atoms with Gasteiger partial charge in [0.15, 0.2) is 0 Å². The van der Waals surface area contributed by atoms with Crippen LogP contribution in [-0.4, -0.2) is 39.1 Å². The van der Waals surface area contributed by atoms with Crippen molar-refractivity contribution in [2.24, 2.45) is 5.73 Å². The summed E-state index contributed by atoms with van der Waals surface area (Å²) in [6, 6.07) is 0. The molecule has 0 saturated heterocycles. The SMILES string of the molecule is C#CCOCCOCCCOC(N)=O. The Hall–Kier alpha value is -1.25. The van der Waals surface area contributed by atoms with Crippen molar-refractivity contribution in [1.82, 2.24) is 0 Å². The van der Waals surface area contributed by atoms with Crippen LogP contribution in [0.1, 0.15) is 6.42 Å². The minimum Gasteiger partial charge on any atom is -0.450 e. The van der Waals surface area contributed by atoms with Crippen molar-refractivity contribution in [3.63, 3.8) is 0 Å². The third-order valence-electron chi connectivity index (χ3n) is 1.23. The highest BCUT2D eigenvalue weighted by atomic mass is 16.5. The monoisotopic (exact) mass is 201 g/mol. The van der Waals surface area contributed by atoms with E-state index in [-0.39, 0.29) is 6.61 Å². The summed E-state index contributed by atoms with van der Waals surface area (Å²) in [5.74, 6) is 2.34. The molecule has 0 aliphatic heterocycles. The van der Waals surface area contributed by atoms with Crippen molar-refractivity contribution in [3.05, 3.63) is 0 Å². The van der Waals surface area contributed by atoms with E-state index in [1.54, 1.807) is 0 Å².